The van der Waals surface area contributed by atoms with E-state index in [0.717, 1.165) is 0 Å². The van der Waals surface area contributed by atoms with Crippen LogP contribution in [-0.4, -0.2) is 39.0 Å². The van der Waals surface area contributed by atoms with Crippen LogP contribution < -0.4 is 10.1 Å². The van der Waals surface area contributed by atoms with Gasteiger partial charge >= 0.3 is 5.97 Å². The number of rotatable bonds is 9. The van der Waals surface area contributed by atoms with E-state index in [2.05, 4.69) is 5.32 Å². The molecule has 0 radical (unpaired) electrons. The van der Waals surface area contributed by atoms with E-state index in [1.807, 2.05) is 0 Å². The highest BCUT2D eigenvalue weighted by molar-refractivity contribution is 7.91. The zero-order valence-electron chi connectivity index (χ0n) is 13.2. The highest BCUT2D eigenvalue weighted by atomic mass is 32.2. The molecular formula is C15H23NO5S. The van der Waals surface area contributed by atoms with Gasteiger partial charge in [0.25, 0.3) is 0 Å². The Balaban J connectivity index is 2.65. The number of carboxylic acid groups (broad SMARTS) is 1. The van der Waals surface area contributed by atoms with Crippen molar-refractivity contribution in [3.8, 4) is 5.75 Å². The van der Waals surface area contributed by atoms with Gasteiger partial charge in [0.1, 0.15) is 11.6 Å². The topological polar surface area (TPSA) is 92.7 Å². The van der Waals surface area contributed by atoms with Crippen LogP contribution in [0.3, 0.4) is 0 Å². The van der Waals surface area contributed by atoms with Crippen LogP contribution in [0.4, 0.5) is 0 Å². The van der Waals surface area contributed by atoms with Gasteiger partial charge in [-0.05, 0) is 56.5 Å². The molecule has 0 aliphatic rings. The minimum atomic E-state index is -3.43. The molecule has 0 spiro atoms. The van der Waals surface area contributed by atoms with Gasteiger partial charge in [-0.3, -0.25) is 4.79 Å². The quantitative estimate of drug-likeness (QED) is 0.672. The van der Waals surface area contributed by atoms with Crippen molar-refractivity contribution in [2.45, 2.75) is 38.0 Å². The first-order chi connectivity index (χ1) is 10.3. The van der Waals surface area contributed by atoms with Gasteiger partial charge in [-0.15, -0.1) is 0 Å². The second kappa shape index (κ2) is 8.14. The Morgan fingerprint density at radius 2 is 1.82 bits per heavy atom. The van der Waals surface area contributed by atoms with Crippen molar-refractivity contribution in [1.29, 1.82) is 0 Å². The summed E-state index contributed by atoms with van der Waals surface area (Å²) in [6.45, 7) is 3.96. The Morgan fingerprint density at radius 3 is 2.32 bits per heavy atom. The Kier molecular flexibility index (Phi) is 6.83. The maximum Gasteiger partial charge on any atom is 0.303 e. The molecule has 0 heterocycles. The molecule has 0 saturated heterocycles. The summed E-state index contributed by atoms with van der Waals surface area (Å²) in [5, 5.41) is 11.4. The van der Waals surface area contributed by atoms with E-state index in [0.29, 0.717) is 41.2 Å². The number of carbonyl (C=O) groups is 1. The summed E-state index contributed by atoms with van der Waals surface area (Å²) < 4.78 is 30.0. The molecule has 2 N–H and O–H groups in total. The highest BCUT2D eigenvalue weighted by Crippen LogP contribution is 2.26. The SMILES string of the molecule is COc1cc(C)c(S(=O)(=O)CNCCCCC(=O)O)c(C)c1. The molecule has 0 bridgehead atoms. The monoisotopic (exact) mass is 329 g/mol. The Bertz CT molecular complexity index is 602. The molecule has 1 aromatic rings. The number of carboxylic acids is 1. The Labute approximate surface area is 131 Å². The summed E-state index contributed by atoms with van der Waals surface area (Å²) in [7, 11) is -1.89. The van der Waals surface area contributed by atoms with E-state index in [1.165, 1.54) is 0 Å². The largest absolute Gasteiger partial charge is 0.497 e. The van der Waals surface area contributed by atoms with Gasteiger partial charge in [0.15, 0.2) is 9.84 Å². The number of sulfone groups is 1. The molecule has 1 rings (SSSR count). The third-order valence-corrected chi connectivity index (χ3v) is 5.12. The summed E-state index contributed by atoms with van der Waals surface area (Å²) in [4.78, 5) is 10.7. The fraction of sp³-hybridized carbons (Fsp3) is 0.533. The van der Waals surface area contributed by atoms with Crippen LogP contribution in [0.2, 0.25) is 0 Å². The minimum Gasteiger partial charge on any atom is -0.497 e. The molecule has 0 aromatic heterocycles. The number of benzene rings is 1. The van der Waals surface area contributed by atoms with E-state index >= 15 is 0 Å². The fourth-order valence-corrected chi connectivity index (χ4v) is 3.98. The van der Waals surface area contributed by atoms with Crippen molar-refractivity contribution in [2.75, 3.05) is 19.5 Å². The number of methoxy groups -OCH3 is 1. The maximum atomic E-state index is 12.4. The number of aliphatic carboxylic acids is 1. The summed E-state index contributed by atoms with van der Waals surface area (Å²) in [6, 6.07) is 3.40. The third kappa shape index (κ3) is 5.31. The van der Waals surface area contributed by atoms with Crippen molar-refractivity contribution < 1.29 is 23.1 Å². The predicted octanol–water partition coefficient (Wildman–Crippen LogP) is 1.89. The van der Waals surface area contributed by atoms with Crippen molar-refractivity contribution in [1.82, 2.24) is 5.32 Å². The third-order valence-electron chi connectivity index (χ3n) is 3.27. The van der Waals surface area contributed by atoms with Gasteiger partial charge in [0.05, 0.1) is 12.0 Å². The number of nitrogens with one attached hydrogen (secondary N) is 1. The number of unbranched alkanes of at least 4 members (excludes halogenated alkanes) is 1. The number of ether oxygens (including phenoxy) is 1. The predicted molar refractivity (Wildman–Crippen MR) is 84.0 cm³/mol. The Hall–Kier alpha value is -1.60. The first-order valence-electron chi connectivity index (χ1n) is 7.08. The van der Waals surface area contributed by atoms with Gasteiger partial charge in [-0.1, -0.05) is 0 Å². The lowest BCUT2D eigenvalue weighted by atomic mass is 10.1. The van der Waals surface area contributed by atoms with Crippen molar-refractivity contribution in [3.05, 3.63) is 23.3 Å². The van der Waals surface area contributed by atoms with Crippen molar-refractivity contribution in [3.63, 3.8) is 0 Å². The van der Waals surface area contributed by atoms with E-state index in [1.54, 1.807) is 33.1 Å². The second-order valence-electron chi connectivity index (χ2n) is 5.20. The Morgan fingerprint density at radius 1 is 1.23 bits per heavy atom. The number of hydrogen-bond acceptors (Lipinski definition) is 5. The fourth-order valence-electron chi connectivity index (χ4n) is 2.32. The van der Waals surface area contributed by atoms with Gasteiger partial charge in [-0.2, -0.15) is 0 Å². The van der Waals surface area contributed by atoms with Crippen molar-refractivity contribution >= 4 is 15.8 Å². The van der Waals surface area contributed by atoms with Gasteiger partial charge in [-0.25, -0.2) is 8.42 Å². The lowest BCUT2D eigenvalue weighted by Gasteiger charge is -2.13. The smallest absolute Gasteiger partial charge is 0.303 e. The van der Waals surface area contributed by atoms with Crippen LogP contribution in [0.25, 0.3) is 0 Å². The minimum absolute atomic E-state index is 0.102. The second-order valence-corrected chi connectivity index (χ2v) is 7.13. The van der Waals surface area contributed by atoms with Crippen LogP contribution in [0.15, 0.2) is 17.0 Å². The van der Waals surface area contributed by atoms with Crippen LogP contribution in [0.1, 0.15) is 30.4 Å². The zero-order valence-corrected chi connectivity index (χ0v) is 14.0. The average molecular weight is 329 g/mol. The number of aryl methyl sites for hydroxylation is 2. The average Bonchev–Trinajstić information content (AvgIpc) is 2.41. The van der Waals surface area contributed by atoms with E-state index < -0.39 is 15.8 Å². The number of hydrogen-bond donors (Lipinski definition) is 2. The molecule has 22 heavy (non-hydrogen) atoms. The van der Waals surface area contributed by atoms with E-state index in [4.69, 9.17) is 9.84 Å². The molecule has 6 nitrogen and oxygen atoms in total. The maximum absolute atomic E-state index is 12.4. The van der Waals surface area contributed by atoms with Gasteiger partial charge < -0.3 is 15.2 Å². The first kappa shape index (κ1) is 18.4. The molecule has 0 aliphatic heterocycles. The molecule has 0 fully saturated rings. The standard InChI is InChI=1S/C15H23NO5S/c1-11-8-13(21-3)9-12(2)15(11)22(19,20)10-16-7-5-4-6-14(17)18/h8-9,16H,4-7,10H2,1-3H3,(H,17,18). The first-order valence-corrected chi connectivity index (χ1v) is 8.73. The van der Waals surface area contributed by atoms with E-state index in [-0.39, 0.29) is 12.3 Å². The molecule has 0 unspecified atom stereocenters. The summed E-state index contributed by atoms with van der Waals surface area (Å²) in [6.07, 6.45) is 1.26. The normalized spacial score (nSPS) is 11.4. The lowest BCUT2D eigenvalue weighted by Crippen LogP contribution is -2.25. The molecular weight excluding hydrogens is 306 g/mol. The molecule has 7 heteroatoms. The zero-order chi connectivity index (χ0) is 16.8. The van der Waals surface area contributed by atoms with Gasteiger partial charge in [0, 0.05) is 6.42 Å². The van der Waals surface area contributed by atoms with Crippen molar-refractivity contribution in [2.24, 2.45) is 0 Å². The molecule has 1 aromatic carbocycles. The van der Waals surface area contributed by atoms with Gasteiger partial charge in [0.2, 0.25) is 0 Å². The van der Waals surface area contributed by atoms with Crippen LogP contribution in [-0.2, 0) is 14.6 Å². The summed E-state index contributed by atoms with van der Waals surface area (Å²) in [5.41, 5.74) is 1.31. The van der Waals surface area contributed by atoms with E-state index in [9.17, 15) is 13.2 Å². The molecule has 0 atom stereocenters. The van der Waals surface area contributed by atoms with Crippen LogP contribution in [0, 0.1) is 13.8 Å². The highest BCUT2D eigenvalue weighted by Gasteiger charge is 2.20. The summed E-state index contributed by atoms with van der Waals surface area (Å²) >= 11 is 0. The molecule has 0 saturated carbocycles. The lowest BCUT2D eigenvalue weighted by molar-refractivity contribution is -0.137. The molecule has 0 amide bonds. The molecule has 0 aliphatic carbocycles. The molecule has 124 valence electrons. The van der Waals surface area contributed by atoms with Crippen LogP contribution in [0.5, 0.6) is 5.75 Å². The summed E-state index contributed by atoms with van der Waals surface area (Å²) in [5.74, 6) is -0.360. The van der Waals surface area contributed by atoms with Crippen LogP contribution >= 0.6 is 0 Å².